The van der Waals surface area contributed by atoms with Crippen LogP contribution in [0.4, 0.5) is 16.6 Å². The monoisotopic (exact) mass is 544 g/mol. The number of hydrogen-bond acceptors (Lipinski definition) is 12. The summed E-state index contributed by atoms with van der Waals surface area (Å²) in [7, 11) is -4.62. The molecule has 184 valence electrons. The van der Waals surface area contributed by atoms with Crippen molar-refractivity contribution in [3.63, 3.8) is 0 Å². The zero-order chi connectivity index (χ0) is 25.4. The first-order valence-corrected chi connectivity index (χ1v) is 13.1. The molecule has 0 aliphatic heterocycles. The van der Waals surface area contributed by atoms with Gasteiger partial charge < -0.3 is 5.73 Å². The average Bonchev–Trinajstić information content (AvgIpc) is 3.39. The Balaban J connectivity index is 1.54. The number of rotatable bonds is 7. The van der Waals surface area contributed by atoms with Crippen LogP contribution in [0.25, 0.3) is 26.7 Å². The first-order valence-electron chi connectivity index (χ1n) is 10.1. The maximum absolute atomic E-state index is 12.3. The Hall–Kier alpha value is -3.44. The molecule has 0 unspecified atom stereocenters. The molecule has 2 aromatic heterocycles. The molecule has 15 heteroatoms. The molecule has 5 rings (SSSR count). The van der Waals surface area contributed by atoms with Crippen LogP contribution in [-0.4, -0.2) is 33.0 Å². The molecule has 0 saturated carbocycles. The van der Waals surface area contributed by atoms with Crippen LogP contribution in [0.1, 0.15) is 5.69 Å². The number of anilines is 1. The number of nitrogen functional groups attached to an aromatic ring is 1. The quantitative estimate of drug-likeness (QED) is 0.0767. The Labute approximate surface area is 211 Å². The van der Waals surface area contributed by atoms with Gasteiger partial charge in [-0.1, -0.05) is 46.7 Å². The van der Waals surface area contributed by atoms with Gasteiger partial charge in [0.25, 0.3) is 10.1 Å². The number of benzene rings is 3. The van der Waals surface area contributed by atoms with Crippen LogP contribution in [0.2, 0.25) is 0 Å². The Kier molecular flexibility index (Phi) is 6.44. The molecule has 0 aliphatic rings. The fourth-order valence-corrected chi connectivity index (χ4v) is 5.69. The minimum Gasteiger partial charge on any atom is -0.382 e. The van der Waals surface area contributed by atoms with E-state index in [0.717, 1.165) is 16.7 Å². The van der Waals surface area contributed by atoms with E-state index in [1.165, 1.54) is 22.1 Å². The molecule has 3 aromatic carbocycles. The van der Waals surface area contributed by atoms with Crippen LogP contribution in [0, 0.1) is 6.92 Å². The van der Waals surface area contributed by atoms with Gasteiger partial charge in [0.05, 0.1) is 33.6 Å². The molecule has 12 nitrogen and oxygen atoms in total. The predicted molar refractivity (Wildman–Crippen MR) is 134 cm³/mol. The largest absolute Gasteiger partial charge is 0.382 e. The lowest BCUT2D eigenvalue weighted by Crippen LogP contribution is -2.10. The van der Waals surface area contributed by atoms with Gasteiger partial charge in [-0.3, -0.25) is 4.55 Å². The summed E-state index contributed by atoms with van der Waals surface area (Å²) in [5.41, 5.74) is 7.64. The van der Waals surface area contributed by atoms with Crippen molar-refractivity contribution in [1.82, 2.24) is 14.8 Å². The van der Waals surface area contributed by atoms with Gasteiger partial charge in [-0.2, -0.15) is 13.5 Å². The smallest absolute Gasteiger partial charge is 0.297 e. The number of nitrogens with two attached hydrogens (primary N) is 1. The summed E-state index contributed by atoms with van der Waals surface area (Å²) in [6.07, 6.45) is 0. The Bertz CT molecular complexity index is 1750. The van der Waals surface area contributed by atoms with E-state index in [1.807, 2.05) is 6.07 Å². The molecule has 4 N–H and O–H groups in total. The molecule has 36 heavy (non-hydrogen) atoms. The van der Waals surface area contributed by atoms with Gasteiger partial charge in [-0.15, -0.1) is 14.6 Å². The van der Waals surface area contributed by atoms with Gasteiger partial charge >= 0.3 is 0 Å². The summed E-state index contributed by atoms with van der Waals surface area (Å²) in [5.74, 6) is 0.0392. The Morgan fingerprint density at radius 3 is 2.72 bits per heavy atom. The van der Waals surface area contributed by atoms with E-state index in [4.69, 9.17) is 11.0 Å². The highest BCUT2D eigenvalue weighted by Gasteiger charge is 2.24. The van der Waals surface area contributed by atoms with Crippen LogP contribution in [0.5, 0.6) is 0 Å². The lowest BCUT2D eigenvalue weighted by molar-refractivity contribution is -0.432. The van der Waals surface area contributed by atoms with Crippen LogP contribution in [-0.2, 0) is 19.5 Å². The molecule has 0 atom stereocenters. The molecule has 0 saturated heterocycles. The minimum absolute atomic E-state index is 0.0392. The predicted octanol–water partition coefficient (Wildman–Crippen LogP) is 5.62. The normalized spacial score (nSPS) is 12.3. The first-order chi connectivity index (χ1) is 17.3. The fourth-order valence-electron chi connectivity index (χ4n) is 3.65. The molecule has 0 amide bonds. The lowest BCUT2D eigenvalue weighted by atomic mass is 10.1. The van der Waals surface area contributed by atoms with Gasteiger partial charge in [0.2, 0.25) is 5.13 Å². The third-order valence-electron chi connectivity index (χ3n) is 5.15. The van der Waals surface area contributed by atoms with Crippen molar-refractivity contribution >= 4 is 71.1 Å². The highest BCUT2D eigenvalue weighted by molar-refractivity contribution is 7.94. The van der Waals surface area contributed by atoms with E-state index < -0.39 is 10.1 Å². The van der Waals surface area contributed by atoms with Gasteiger partial charge in [-0.25, -0.2) is 14.9 Å². The third kappa shape index (κ3) is 4.56. The van der Waals surface area contributed by atoms with Crippen molar-refractivity contribution < 1.29 is 27.6 Å². The summed E-state index contributed by atoms with van der Waals surface area (Å²) in [5, 5.41) is 26.0. The molecule has 0 aliphatic carbocycles. The van der Waals surface area contributed by atoms with Crippen molar-refractivity contribution in [3.05, 3.63) is 60.3 Å². The molecule has 0 radical (unpaired) electrons. The third-order valence-corrected chi connectivity index (χ3v) is 7.59. The SMILES string of the molecule is Cc1nn(-c2ccc3ccccc3c2S(=O)(=O)O)c(N)c1/N=N/c1nc2cc(SOOO)ccc2s1. The zero-order valence-corrected chi connectivity index (χ0v) is 20.7. The maximum atomic E-state index is 12.3. The van der Waals surface area contributed by atoms with Gasteiger partial charge in [0.15, 0.2) is 11.5 Å². The minimum atomic E-state index is -4.62. The molecule has 5 aromatic rings. The summed E-state index contributed by atoms with van der Waals surface area (Å²) in [6.45, 7) is 1.65. The molecule has 0 fully saturated rings. The van der Waals surface area contributed by atoms with Crippen molar-refractivity contribution in [2.75, 3.05) is 5.73 Å². The van der Waals surface area contributed by atoms with E-state index in [2.05, 4.69) is 29.7 Å². The maximum Gasteiger partial charge on any atom is 0.297 e. The fraction of sp³-hybridized carbons (Fsp3) is 0.0476. The van der Waals surface area contributed by atoms with E-state index >= 15 is 0 Å². The summed E-state index contributed by atoms with van der Waals surface area (Å²) < 4.78 is 41.1. The second-order valence-electron chi connectivity index (χ2n) is 7.39. The second-order valence-corrected chi connectivity index (χ2v) is 10.5. The highest BCUT2D eigenvalue weighted by Crippen LogP contribution is 2.37. The zero-order valence-electron chi connectivity index (χ0n) is 18.3. The van der Waals surface area contributed by atoms with E-state index in [1.54, 1.807) is 49.4 Å². The molecule has 0 bridgehead atoms. The van der Waals surface area contributed by atoms with Crippen LogP contribution < -0.4 is 5.73 Å². The van der Waals surface area contributed by atoms with Crippen molar-refractivity contribution in [2.45, 2.75) is 16.7 Å². The van der Waals surface area contributed by atoms with Crippen molar-refractivity contribution in [1.29, 1.82) is 0 Å². The number of aryl methyl sites for hydroxylation is 1. The van der Waals surface area contributed by atoms with Crippen molar-refractivity contribution in [2.24, 2.45) is 10.2 Å². The van der Waals surface area contributed by atoms with Crippen LogP contribution >= 0.6 is 23.4 Å². The van der Waals surface area contributed by atoms with Gasteiger partial charge in [0.1, 0.15) is 4.90 Å². The number of azo groups is 1. The van der Waals surface area contributed by atoms with Crippen LogP contribution in [0.3, 0.4) is 0 Å². The summed E-state index contributed by atoms with van der Waals surface area (Å²) in [4.78, 5) is 4.75. The summed E-state index contributed by atoms with van der Waals surface area (Å²) >= 11 is 2.10. The molecular weight excluding hydrogens is 528 g/mol. The average molecular weight is 545 g/mol. The van der Waals surface area contributed by atoms with Gasteiger partial charge in [0, 0.05) is 10.3 Å². The Morgan fingerprint density at radius 2 is 1.94 bits per heavy atom. The van der Waals surface area contributed by atoms with E-state index in [9.17, 15) is 13.0 Å². The first kappa shape index (κ1) is 24.3. The number of fused-ring (bicyclic) bond motifs is 2. The van der Waals surface area contributed by atoms with Gasteiger partial charge in [-0.05, 0) is 36.6 Å². The standard InChI is InChI=1S/C21H16N6O6S3/c1-11-18(24-25-21-23-15-10-13(35-33-32-28)7-9-17(15)34-21)20(22)27(26-11)16-8-6-12-4-2-3-5-14(12)19(16)36(29,30)31/h2-10,28H,22H2,1H3,(H,29,30,31)/b25-24+. The molecule has 2 heterocycles. The number of nitrogens with zero attached hydrogens (tertiary/aromatic N) is 5. The highest BCUT2D eigenvalue weighted by atomic mass is 32.2. The summed E-state index contributed by atoms with van der Waals surface area (Å²) in [6, 6.07) is 15.3. The Morgan fingerprint density at radius 1 is 1.14 bits per heavy atom. The number of aromatic nitrogens is 3. The number of thiazole rings is 1. The van der Waals surface area contributed by atoms with Crippen molar-refractivity contribution in [3.8, 4) is 5.69 Å². The van der Waals surface area contributed by atoms with E-state index in [-0.39, 0.29) is 22.1 Å². The second kappa shape index (κ2) is 9.55. The lowest BCUT2D eigenvalue weighted by Gasteiger charge is -2.12. The van der Waals surface area contributed by atoms with E-state index in [0.29, 0.717) is 32.0 Å². The molecular formula is C21H16N6O6S3. The topological polar surface area (TPSA) is 175 Å². The number of hydrogen-bond donors (Lipinski definition) is 3. The molecule has 0 spiro atoms. The van der Waals surface area contributed by atoms with Crippen LogP contribution in [0.15, 0.2) is 74.6 Å².